The minimum Gasteiger partial charge on any atom is -0.481 e. The van der Waals surface area contributed by atoms with Gasteiger partial charge in [0.15, 0.2) is 0 Å². The van der Waals surface area contributed by atoms with E-state index in [1.165, 1.54) is 5.56 Å². The Kier molecular flexibility index (Phi) is 3.95. The summed E-state index contributed by atoms with van der Waals surface area (Å²) in [6.45, 7) is 8.02. The van der Waals surface area contributed by atoms with Crippen molar-refractivity contribution in [3.63, 3.8) is 0 Å². The second-order valence-corrected chi connectivity index (χ2v) is 6.23. The fourth-order valence-electron chi connectivity index (χ4n) is 3.13. The number of hydrogen-bond donors (Lipinski definition) is 1. The summed E-state index contributed by atoms with van der Waals surface area (Å²) in [6, 6.07) is 10.8. The molecule has 2 unspecified atom stereocenters. The minimum absolute atomic E-state index is 0.173. The summed E-state index contributed by atoms with van der Waals surface area (Å²) in [4.78, 5) is 13.7. The van der Waals surface area contributed by atoms with Crippen molar-refractivity contribution >= 4 is 5.97 Å². The zero-order chi connectivity index (χ0) is 14.0. The molecule has 0 saturated carbocycles. The van der Waals surface area contributed by atoms with Gasteiger partial charge < -0.3 is 5.11 Å². The molecule has 0 aliphatic carbocycles. The standard InChI is InChI=1S/C16H23NO2/c1-12(13-7-5-4-6-8-13)17-10-9-14(15(18)19)16(2,3)11-17/h4-8,12,14H,9-11H2,1-3H3,(H,18,19). The number of carboxylic acids is 1. The van der Waals surface area contributed by atoms with Gasteiger partial charge in [0.1, 0.15) is 0 Å². The average Bonchev–Trinajstić information content (AvgIpc) is 2.37. The van der Waals surface area contributed by atoms with Crippen LogP contribution in [0.3, 0.4) is 0 Å². The molecule has 3 nitrogen and oxygen atoms in total. The van der Waals surface area contributed by atoms with Crippen LogP contribution in [0.25, 0.3) is 0 Å². The average molecular weight is 261 g/mol. The molecule has 1 aromatic rings. The van der Waals surface area contributed by atoms with Crippen molar-refractivity contribution in [2.45, 2.75) is 33.2 Å². The molecule has 1 aliphatic heterocycles. The second-order valence-electron chi connectivity index (χ2n) is 6.23. The molecule has 0 amide bonds. The second kappa shape index (κ2) is 5.33. The highest BCUT2D eigenvalue weighted by molar-refractivity contribution is 5.71. The monoisotopic (exact) mass is 261 g/mol. The summed E-state index contributed by atoms with van der Waals surface area (Å²) in [6.07, 6.45) is 0.736. The molecule has 0 radical (unpaired) electrons. The first kappa shape index (κ1) is 14.1. The lowest BCUT2D eigenvalue weighted by atomic mass is 9.73. The third kappa shape index (κ3) is 2.98. The van der Waals surface area contributed by atoms with Crippen molar-refractivity contribution in [1.82, 2.24) is 4.90 Å². The largest absolute Gasteiger partial charge is 0.481 e. The maximum Gasteiger partial charge on any atom is 0.307 e. The van der Waals surface area contributed by atoms with E-state index < -0.39 is 5.97 Å². The lowest BCUT2D eigenvalue weighted by Gasteiger charge is -2.44. The highest BCUT2D eigenvalue weighted by Gasteiger charge is 2.41. The van der Waals surface area contributed by atoms with Crippen molar-refractivity contribution in [3.8, 4) is 0 Å². The Bertz CT molecular complexity index is 441. The van der Waals surface area contributed by atoms with Crippen LogP contribution in [-0.4, -0.2) is 29.1 Å². The van der Waals surface area contributed by atoms with Gasteiger partial charge in [-0.05, 0) is 30.9 Å². The summed E-state index contributed by atoms with van der Waals surface area (Å²) in [5.41, 5.74) is 1.12. The molecule has 0 aromatic heterocycles. The van der Waals surface area contributed by atoms with E-state index in [2.05, 4.69) is 49.9 Å². The molecule has 2 atom stereocenters. The topological polar surface area (TPSA) is 40.5 Å². The fraction of sp³-hybridized carbons (Fsp3) is 0.562. The van der Waals surface area contributed by atoms with Gasteiger partial charge in [-0.15, -0.1) is 0 Å². The Morgan fingerprint density at radius 2 is 2.00 bits per heavy atom. The molecule has 104 valence electrons. The predicted molar refractivity (Wildman–Crippen MR) is 76.0 cm³/mol. The maximum atomic E-state index is 11.3. The Hall–Kier alpha value is -1.35. The number of benzene rings is 1. The zero-order valence-electron chi connectivity index (χ0n) is 12.0. The van der Waals surface area contributed by atoms with Crippen molar-refractivity contribution in [1.29, 1.82) is 0 Å². The minimum atomic E-state index is -0.656. The number of aliphatic carboxylic acids is 1. The van der Waals surface area contributed by atoms with Crippen LogP contribution in [0.5, 0.6) is 0 Å². The molecule has 1 aromatic carbocycles. The molecule has 0 spiro atoms. The van der Waals surface area contributed by atoms with Gasteiger partial charge in [-0.2, -0.15) is 0 Å². The van der Waals surface area contributed by atoms with Crippen LogP contribution in [0.15, 0.2) is 30.3 Å². The van der Waals surface area contributed by atoms with Crippen LogP contribution in [0.1, 0.15) is 38.8 Å². The highest BCUT2D eigenvalue weighted by atomic mass is 16.4. The smallest absolute Gasteiger partial charge is 0.307 e. The van der Waals surface area contributed by atoms with Crippen LogP contribution in [0.4, 0.5) is 0 Å². The van der Waals surface area contributed by atoms with Gasteiger partial charge in [0, 0.05) is 12.6 Å². The third-order valence-corrected chi connectivity index (χ3v) is 4.39. The highest BCUT2D eigenvalue weighted by Crippen LogP contribution is 2.38. The zero-order valence-corrected chi connectivity index (χ0v) is 12.0. The summed E-state index contributed by atoms with van der Waals surface area (Å²) in [5, 5.41) is 9.30. The lowest BCUT2D eigenvalue weighted by Crippen LogP contribution is -2.49. The van der Waals surface area contributed by atoms with Gasteiger partial charge in [-0.25, -0.2) is 0 Å². The molecule has 19 heavy (non-hydrogen) atoms. The Balaban J connectivity index is 2.11. The van der Waals surface area contributed by atoms with Crippen molar-refractivity contribution in [3.05, 3.63) is 35.9 Å². The van der Waals surface area contributed by atoms with E-state index in [9.17, 15) is 9.90 Å². The number of nitrogens with zero attached hydrogens (tertiary/aromatic N) is 1. The number of carbonyl (C=O) groups is 1. The van der Waals surface area contributed by atoms with Gasteiger partial charge >= 0.3 is 5.97 Å². The normalized spacial score (nSPS) is 24.9. The van der Waals surface area contributed by atoms with E-state index >= 15 is 0 Å². The SMILES string of the molecule is CC(c1ccccc1)N1CCC(C(=O)O)C(C)(C)C1. The summed E-state index contributed by atoms with van der Waals surface area (Å²) in [5.74, 6) is -0.885. The molecule has 1 saturated heterocycles. The molecular weight excluding hydrogens is 238 g/mol. The van der Waals surface area contributed by atoms with Crippen LogP contribution in [0.2, 0.25) is 0 Å². The number of piperidine rings is 1. The van der Waals surface area contributed by atoms with Crippen molar-refractivity contribution in [2.75, 3.05) is 13.1 Å². The van der Waals surface area contributed by atoms with Gasteiger partial charge in [-0.1, -0.05) is 44.2 Å². The molecule has 0 bridgehead atoms. The molecule has 2 rings (SSSR count). The third-order valence-electron chi connectivity index (χ3n) is 4.39. The van der Waals surface area contributed by atoms with E-state index in [-0.39, 0.29) is 11.3 Å². The molecule has 1 aliphatic rings. The van der Waals surface area contributed by atoms with E-state index in [1.54, 1.807) is 0 Å². The first-order chi connectivity index (χ1) is 8.92. The Morgan fingerprint density at radius 3 is 2.53 bits per heavy atom. The van der Waals surface area contributed by atoms with E-state index in [0.717, 1.165) is 19.5 Å². The van der Waals surface area contributed by atoms with Gasteiger partial charge in [0.25, 0.3) is 0 Å². The van der Waals surface area contributed by atoms with Gasteiger partial charge in [-0.3, -0.25) is 9.69 Å². The number of rotatable bonds is 3. The number of likely N-dealkylation sites (tertiary alicyclic amines) is 1. The van der Waals surface area contributed by atoms with Gasteiger partial charge in [0.2, 0.25) is 0 Å². The van der Waals surface area contributed by atoms with Crippen LogP contribution in [-0.2, 0) is 4.79 Å². The first-order valence-corrected chi connectivity index (χ1v) is 6.93. The molecular formula is C16H23NO2. The first-order valence-electron chi connectivity index (χ1n) is 6.93. The predicted octanol–water partition coefficient (Wildman–Crippen LogP) is 3.18. The quantitative estimate of drug-likeness (QED) is 0.908. The maximum absolute atomic E-state index is 11.3. The molecule has 1 N–H and O–H groups in total. The van der Waals surface area contributed by atoms with E-state index in [4.69, 9.17) is 0 Å². The van der Waals surface area contributed by atoms with Crippen LogP contribution < -0.4 is 0 Å². The Morgan fingerprint density at radius 1 is 1.37 bits per heavy atom. The number of hydrogen-bond acceptors (Lipinski definition) is 2. The van der Waals surface area contributed by atoms with Crippen LogP contribution in [0, 0.1) is 11.3 Å². The summed E-state index contributed by atoms with van der Waals surface area (Å²) in [7, 11) is 0. The molecule has 1 heterocycles. The Labute approximate surface area is 115 Å². The van der Waals surface area contributed by atoms with Crippen molar-refractivity contribution in [2.24, 2.45) is 11.3 Å². The number of carboxylic acid groups (broad SMARTS) is 1. The van der Waals surface area contributed by atoms with Crippen molar-refractivity contribution < 1.29 is 9.90 Å². The molecule has 1 fully saturated rings. The van der Waals surface area contributed by atoms with Gasteiger partial charge in [0.05, 0.1) is 5.92 Å². The lowest BCUT2D eigenvalue weighted by molar-refractivity contribution is -0.149. The summed E-state index contributed by atoms with van der Waals surface area (Å²) >= 11 is 0. The fourth-order valence-corrected chi connectivity index (χ4v) is 3.13. The van der Waals surface area contributed by atoms with Crippen LogP contribution >= 0.6 is 0 Å². The van der Waals surface area contributed by atoms with E-state index in [1.807, 2.05) is 6.07 Å². The summed E-state index contributed by atoms with van der Waals surface area (Å²) < 4.78 is 0. The molecule has 3 heteroatoms. The van der Waals surface area contributed by atoms with E-state index in [0.29, 0.717) is 6.04 Å².